The van der Waals surface area contributed by atoms with Crippen molar-refractivity contribution in [3.05, 3.63) is 36.5 Å². The monoisotopic (exact) mass is 532 g/mol. The van der Waals surface area contributed by atoms with E-state index in [1.807, 2.05) is 12.3 Å². The predicted octanol–water partition coefficient (Wildman–Crippen LogP) is 5.32. The normalized spacial score (nSPS) is 26.2. The Morgan fingerprint density at radius 3 is 2.76 bits per heavy atom. The third kappa shape index (κ3) is 4.86. The second-order valence-corrected chi connectivity index (χ2v) is 12.3. The first-order chi connectivity index (χ1) is 18.7. The molecule has 1 aliphatic carbocycles. The summed E-state index contributed by atoms with van der Waals surface area (Å²) in [5.74, 6) is 6.15. The number of aromatic nitrogens is 3. The summed E-state index contributed by atoms with van der Waals surface area (Å²) >= 11 is 1.52. The summed E-state index contributed by atoms with van der Waals surface area (Å²) in [6.45, 7) is 4.43. The number of hydrogen-bond donors (Lipinski definition) is 2. The molecule has 3 aromatic rings. The van der Waals surface area contributed by atoms with E-state index < -0.39 is 0 Å². The van der Waals surface area contributed by atoms with Crippen LogP contribution in [0.5, 0.6) is 0 Å². The molecule has 2 aromatic heterocycles. The van der Waals surface area contributed by atoms with Gasteiger partial charge >= 0.3 is 0 Å². The Bertz CT molecular complexity index is 1280. The van der Waals surface area contributed by atoms with Gasteiger partial charge in [-0.3, -0.25) is 0 Å². The fourth-order valence-electron chi connectivity index (χ4n) is 6.92. The second-order valence-electron chi connectivity index (χ2n) is 11.4. The van der Waals surface area contributed by atoms with Gasteiger partial charge < -0.3 is 24.0 Å². The molecular formula is C29H36N6O2S. The second kappa shape index (κ2) is 10.4. The Hall–Kier alpha value is -2.78. The molecule has 1 aromatic carbocycles. The van der Waals surface area contributed by atoms with Crippen molar-refractivity contribution in [2.24, 2.45) is 23.7 Å². The summed E-state index contributed by atoms with van der Waals surface area (Å²) in [6.07, 6.45) is 9.75. The Labute approximate surface area is 228 Å². The maximum absolute atomic E-state index is 9.18. The van der Waals surface area contributed by atoms with Crippen molar-refractivity contribution in [1.82, 2.24) is 15.2 Å². The lowest BCUT2D eigenvalue weighted by molar-refractivity contribution is 0.316. The van der Waals surface area contributed by atoms with Crippen LogP contribution in [0.3, 0.4) is 0 Å². The predicted molar refractivity (Wildman–Crippen MR) is 152 cm³/mol. The van der Waals surface area contributed by atoms with Crippen molar-refractivity contribution in [2.75, 3.05) is 53.1 Å². The number of aliphatic hydroxyl groups is 1. The van der Waals surface area contributed by atoms with Crippen LogP contribution in [0, 0.1) is 23.7 Å². The minimum atomic E-state index is 0.151. The number of fused-ring (bicyclic) bond motifs is 2. The minimum Gasteiger partial charge on any atom is -0.416 e. The highest BCUT2D eigenvalue weighted by molar-refractivity contribution is 8.00. The number of aliphatic hydroxyl groups excluding tert-OH is 1. The van der Waals surface area contributed by atoms with E-state index in [2.05, 4.69) is 49.0 Å². The van der Waals surface area contributed by atoms with Crippen LogP contribution in [0.2, 0.25) is 0 Å². The van der Waals surface area contributed by atoms with Crippen LogP contribution in [-0.4, -0.2) is 58.8 Å². The molecule has 3 unspecified atom stereocenters. The molecule has 8 rings (SSSR count). The summed E-state index contributed by atoms with van der Waals surface area (Å²) in [7, 11) is 0. The molecule has 38 heavy (non-hydrogen) atoms. The van der Waals surface area contributed by atoms with Gasteiger partial charge in [-0.2, -0.15) is 0 Å². The average Bonchev–Trinajstić information content (AvgIpc) is 3.55. The number of benzene rings is 1. The third-order valence-corrected chi connectivity index (χ3v) is 9.75. The van der Waals surface area contributed by atoms with Crippen LogP contribution in [0.4, 0.5) is 17.2 Å². The number of piperidine rings is 2. The zero-order valence-electron chi connectivity index (χ0n) is 21.8. The summed E-state index contributed by atoms with van der Waals surface area (Å²) in [4.78, 5) is 9.71. The number of hydrogen-bond acceptors (Lipinski definition) is 9. The lowest BCUT2D eigenvalue weighted by Gasteiger charge is -2.36. The molecule has 0 amide bonds. The van der Waals surface area contributed by atoms with Gasteiger partial charge in [-0.1, -0.05) is 11.9 Å². The maximum atomic E-state index is 9.18. The molecule has 2 saturated heterocycles. The Balaban J connectivity index is 1.25. The lowest BCUT2D eigenvalue weighted by Crippen LogP contribution is -2.37. The molecule has 1 saturated carbocycles. The highest BCUT2D eigenvalue weighted by Gasteiger charge is 2.45. The van der Waals surface area contributed by atoms with Gasteiger partial charge in [0.15, 0.2) is 0 Å². The van der Waals surface area contributed by atoms with Crippen LogP contribution in [0.1, 0.15) is 38.5 Å². The van der Waals surface area contributed by atoms with E-state index in [0.29, 0.717) is 17.5 Å². The van der Waals surface area contributed by atoms with Crippen molar-refractivity contribution < 1.29 is 9.52 Å². The molecule has 6 heterocycles. The Morgan fingerprint density at radius 1 is 0.974 bits per heavy atom. The Morgan fingerprint density at radius 2 is 1.87 bits per heavy atom. The van der Waals surface area contributed by atoms with Gasteiger partial charge in [-0.05, 0) is 92.5 Å². The molecule has 0 spiro atoms. The summed E-state index contributed by atoms with van der Waals surface area (Å²) in [5.41, 5.74) is 4.04. The van der Waals surface area contributed by atoms with Crippen LogP contribution in [0.15, 0.2) is 40.9 Å². The smallest absolute Gasteiger partial charge is 0.250 e. The minimum absolute atomic E-state index is 0.151. The van der Waals surface area contributed by atoms with Crippen molar-refractivity contribution in [2.45, 2.75) is 38.5 Å². The zero-order valence-corrected chi connectivity index (χ0v) is 22.6. The van der Waals surface area contributed by atoms with Crippen molar-refractivity contribution in [3.8, 4) is 22.9 Å². The van der Waals surface area contributed by atoms with E-state index in [1.54, 1.807) is 0 Å². The molecule has 3 fully saturated rings. The number of pyridine rings is 1. The number of rotatable bonds is 4. The van der Waals surface area contributed by atoms with E-state index in [1.165, 1.54) is 50.5 Å². The fraction of sp³-hybridized carbons (Fsp3) is 0.552. The Kier molecular flexibility index (Phi) is 6.65. The van der Waals surface area contributed by atoms with Gasteiger partial charge in [0.05, 0.1) is 17.9 Å². The largest absolute Gasteiger partial charge is 0.416 e. The summed E-state index contributed by atoms with van der Waals surface area (Å²) in [6, 6.07) is 10.4. The topological polar surface area (TPSA) is 90.6 Å². The lowest BCUT2D eigenvalue weighted by atomic mass is 9.87. The van der Waals surface area contributed by atoms with E-state index in [0.717, 1.165) is 78.2 Å². The quantitative estimate of drug-likeness (QED) is 0.342. The number of nitrogens with one attached hydrogen (secondary N) is 1. The summed E-state index contributed by atoms with van der Waals surface area (Å²) in [5, 5.41) is 18.1. The average molecular weight is 533 g/mol. The van der Waals surface area contributed by atoms with Crippen LogP contribution < -0.4 is 14.5 Å². The third-order valence-electron chi connectivity index (χ3n) is 8.98. The first kappa shape index (κ1) is 24.3. The first-order valence-electron chi connectivity index (χ1n) is 14.2. The molecule has 8 nitrogen and oxygen atoms in total. The van der Waals surface area contributed by atoms with E-state index in [-0.39, 0.29) is 6.61 Å². The van der Waals surface area contributed by atoms with Gasteiger partial charge in [-0.25, -0.2) is 4.98 Å². The highest BCUT2D eigenvalue weighted by atomic mass is 32.2. The SMILES string of the molecule is OCCSNc1ccc2c(c1)N1CCC(CC1)CC1CC1C1CCCN(C1)c1cc(ccn1)-c1nnc-2o1. The van der Waals surface area contributed by atoms with E-state index in [9.17, 15) is 5.11 Å². The number of nitrogens with zero attached hydrogens (tertiary/aromatic N) is 5. The van der Waals surface area contributed by atoms with Crippen molar-refractivity contribution in [1.29, 1.82) is 0 Å². The molecule has 3 atom stereocenters. The van der Waals surface area contributed by atoms with Gasteiger partial charge in [0.1, 0.15) is 5.82 Å². The molecule has 8 bridgehead atoms. The van der Waals surface area contributed by atoms with Gasteiger partial charge in [0.25, 0.3) is 0 Å². The first-order valence-corrected chi connectivity index (χ1v) is 15.2. The molecule has 200 valence electrons. The van der Waals surface area contributed by atoms with E-state index >= 15 is 0 Å². The van der Waals surface area contributed by atoms with Crippen molar-refractivity contribution in [3.63, 3.8) is 0 Å². The van der Waals surface area contributed by atoms with Gasteiger partial charge in [0, 0.05) is 49.4 Å². The van der Waals surface area contributed by atoms with Gasteiger partial charge in [-0.15, -0.1) is 10.2 Å². The standard InChI is InChI=1S/C29H36N6O2S/c36-12-13-38-33-23-3-4-24-26(17-23)34-10-6-19(7-11-34)14-22-15-25(22)21-2-1-9-35(18-21)27-16-20(5-8-30-27)28-31-32-29(24)37-28/h3-5,8,16-17,19,21-22,25,33,36H,1-2,6-7,9-15,18H2. The van der Waals surface area contributed by atoms with Crippen LogP contribution in [0.25, 0.3) is 22.9 Å². The van der Waals surface area contributed by atoms with Gasteiger partial charge in [0.2, 0.25) is 11.8 Å². The zero-order chi connectivity index (χ0) is 25.5. The molecule has 4 aliphatic heterocycles. The maximum Gasteiger partial charge on any atom is 0.250 e. The fourth-order valence-corrected chi connectivity index (χ4v) is 7.40. The molecule has 0 radical (unpaired) electrons. The van der Waals surface area contributed by atoms with Crippen molar-refractivity contribution >= 4 is 29.1 Å². The molecule has 2 N–H and O–H groups in total. The van der Waals surface area contributed by atoms with Crippen LogP contribution >= 0.6 is 11.9 Å². The molecule has 9 heteroatoms. The molecular weight excluding hydrogens is 496 g/mol. The number of anilines is 3. The van der Waals surface area contributed by atoms with Crippen LogP contribution in [-0.2, 0) is 0 Å². The summed E-state index contributed by atoms with van der Waals surface area (Å²) < 4.78 is 9.69. The molecule has 5 aliphatic rings. The highest BCUT2D eigenvalue weighted by Crippen LogP contribution is 2.52. The van der Waals surface area contributed by atoms with E-state index in [4.69, 9.17) is 9.40 Å².